The molecule has 1 aliphatic rings. The van der Waals surface area contributed by atoms with Crippen molar-refractivity contribution in [1.82, 2.24) is 4.31 Å². The zero-order chi connectivity index (χ0) is 24.2. The molecule has 1 amide bonds. The van der Waals surface area contributed by atoms with Crippen molar-refractivity contribution in [3.63, 3.8) is 0 Å². The smallest absolute Gasteiger partial charge is 0.309 e. The molecular formula is C23H28ClN3O5S. The van der Waals surface area contributed by atoms with Crippen LogP contribution in [0.4, 0.5) is 11.4 Å². The molecule has 178 valence electrons. The minimum absolute atomic E-state index is 0.164. The summed E-state index contributed by atoms with van der Waals surface area (Å²) in [7, 11) is 0.195. The van der Waals surface area contributed by atoms with Crippen LogP contribution in [0.15, 0.2) is 53.4 Å². The number of piperidine rings is 1. The molecule has 0 spiro atoms. The fourth-order valence-corrected chi connectivity index (χ4v) is 5.09. The molecule has 1 saturated heterocycles. The molecule has 3 rings (SSSR count). The number of sulfonamides is 1. The monoisotopic (exact) mass is 493 g/mol. The van der Waals surface area contributed by atoms with Gasteiger partial charge in [-0.05, 0) is 68.3 Å². The van der Waals surface area contributed by atoms with Crippen LogP contribution >= 0.6 is 11.6 Å². The van der Waals surface area contributed by atoms with Crippen LogP contribution in [0.25, 0.3) is 0 Å². The molecule has 1 aliphatic heterocycles. The molecule has 1 heterocycles. The Bertz CT molecular complexity index is 1080. The van der Waals surface area contributed by atoms with E-state index in [1.165, 1.54) is 35.5 Å². The molecular weight excluding hydrogens is 466 g/mol. The molecule has 10 heteroatoms. The normalized spacial score (nSPS) is 16.1. The number of amides is 1. The van der Waals surface area contributed by atoms with Gasteiger partial charge in [-0.1, -0.05) is 11.6 Å². The lowest BCUT2D eigenvalue weighted by molar-refractivity contribution is -0.158. The summed E-state index contributed by atoms with van der Waals surface area (Å²) in [5, 5.41) is 3.19. The van der Waals surface area contributed by atoms with Gasteiger partial charge >= 0.3 is 5.97 Å². The average molecular weight is 494 g/mol. The second-order valence-electron chi connectivity index (χ2n) is 8.14. The first-order chi connectivity index (χ1) is 15.6. The van der Waals surface area contributed by atoms with E-state index in [4.69, 9.17) is 16.3 Å². The van der Waals surface area contributed by atoms with Gasteiger partial charge in [-0.3, -0.25) is 9.59 Å². The minimum Gasteiger partial charge on any atom is -0.452 e. The van der Waals surface area contributed by atoms with E-state index in [2.05, 4.69) is 5.32 Å². The Hall–Kier alpha value is -2.62. The number of hydrogen-bond donors (Lipinski definition) is 1. The third kappa shape index (κ3) is 6.25. The first-order valence-electron chi connectivity index (χ1n) is 10.6. The van der Waals surface area contributed by atoms with Crippen LogP contribution in [-0.2, 0) is 24.3 Å². The molecule has 0 aliphatic carbocycles. The van der Waals surface area contributed by atoms with Gasteiger partial charge in [0.1, 0.15) is 0 Å². The van der Waals surface area contributed by atoms with Crippen molar-refractivity contribution in [3.8, 4) is 0 Å². The molecule has 1 atom stereocenters. The van der Waals surface area contributed by atoms with Gasteiger partial charge in [0.15, 0.2) is 6.10 Å². The third-order valence-electron chi connectivity index (χ3n) is 5.55. The number of rotatable bonds is 7. The van der Waals surface area contributed by atoms with E-state index in [9.17, 15) is 18.0 Å². The fourth-order valence-electron chi connectivity index (χ4n) is 3.50. The number of hydrogen-bond acceptors (Lipinski definition) is 6. The zero-order valence-electron chi connectivity index (χ0n) is 18.8. The standard InChI is InChI=1S/C23H28ClN3O5S/c1-16(22(28)25-19-6-8-20(9-7-19)26(2)3)32-23(29)17-12-14-27(15-13-17)33(30,31)21-10-4-18(24)5-11-21/h4-11,16-17H,12-15H2,1-3H3,(H,25,28). The predicted octanol–water partition coefficient (Wildman–Crippen LogP) is 3.38. The van der Waals surface area contributed by atoms with Crippen LogP contribution in [0.1, 0.15) is 19.8 Å². The van der Waals surface area contributed by atoms with Crippen LogP contribution in [0.3, 0.4) is 0 Å². The summed E-state index contributed by atoms with van der Waals surface area (Å²) in [5.41, 5.74) is 1.60. The summed E-state index contributed by atoms with van der Waals surface area (Å²) < 4.78 is 32.3. The highest BCUT2D eigenvalue weighted by Gasteiger charge is 2.34. The van der Waals surface area contributed by atoms with Crippen LogP contribution < -0.4 is 10.2 Å². The lowest BCUT2D eigenvalue weighted by Crippen LogP contribution is -2.41. The molecule has 1 fully saturated rings. The third-order valence-corrected chi connectivity index (χ3v) is 7.72. The lowest BCUT2D eigenvalue weighted by atomic mass is 9.98. The highest BCUT2D eigenvalue weighted by atomic mass is 35.5. The molecule has 1 N–H and O–H groups in total. The SMILES string of the molecule is CC(OC(=O)C1CCN(S(=O)(=O)c2ccc(Cl)cc2)CC1)C(=O)Nc1ccc(N(C)C)cc1. The van der Waals surface area contributed by atoms with Crippen molar-refractivity contribution in [1.29, 1.82) is 0 Å². The van der Waals surface area contributed by atoms with E-state index in [-0.39, 0.29) is 18.0 Å². The maximum absolute atomic E-state index is 12.8. The summed E-state index contributed by atoms with van der Waals surface area (Å²) >= 11 is 5.84. The van der Waals surface area contributed by atoms with E-state index in [0.717, 1.165) is 5.69 Å². The number of esters is 1. The van der Waals surface area contributed by atoms with Crippen molar-refractivity contribution in [2.45, 2.75) is 30.8 Å². The van der Waals surface area contributed by atoms with Crippen molar-refractivity contribution in [2.75, 3.05) is 37.4 Å². The Morgan fingerprint density at radius 1 is 1.06 bits per heavy atom. The number of benzene rings is 2. The zero-order valence-corrected chi connectivity index (χ0v) is 20.4. The molecule has 0 saturated carbocycles. The lowest BCUT2D eigenvalue weighted by Gasteiger charge is -2.30. The second-order valence-corrected chi connectivity index (χ2v) is 10.5. The molecule has 1 unspecified atom stereocenters. The van der Waals surface area contributed by atoms with Crippen molar-refractivity contribution < 1.29 is 22.7 Å². The van der Waals surface area contributed by atoms with E-state index in [1.807, 2.05) is 31.1 Å². The highest BCUT2D eigenvalue weighted by Crippen LogP contribution is 2.26. The summed E-state index contributed by atoms with van der Waals surface area (Å²) in [6.45, 7) is 1.91. The van der Waals surface area contributed by atoms with Gasteiger partial charge in [-0.15, -0.1) is 0 Å². The number of anilines is 2. The molecule has 0 radical (unpaired) electrons. The number of nitrogens with zero attached hydrogens (tertiary/aromatic N) is 2. The van der Waals surface area contributed by atoms with E-state index < -0.39 is 33.9 Å². The first-order valence-corrected chi connectivity index (χ1v) is 12.4. The number of halogens is 1. The number of ether oxygens (including phenoxy) is 1. The summed E-state index contributed by atoms with van der Waals surface area (Å²) in [6.07, 6.45) is -0.320. The Morgan fingerprint density at radius 3 is 2.18 bits per heavy atom. The van der Waals surface area contributed by atoms with Crippen molar-refractivity contribution >= 4 is 44.9 Å². The quantitative estimate of drug-likeness (QED) is 0.594. The van der Waals surface area contributed by atoms with Crippen LogP contribution in [-0.4, -0.2) is 57.9 Å². The molecule has 0 aromatic heterocycles. The molecule has 33 heavy (non-hydrogen) atoms. The van der Waals surface area contributed by atoms with Crippen LogP contribution in [0, 0.1) is 5.92 Å². The fraction of sp³-hybridized carbons (Fsp3) is 0.391. The minimum atomic E-state index is -3.65. The van der Waals surface area contributed by atoms with Crippen LogP contribution in [0.5, 0.6) is 0 Å². The Balaban J connectivity index is 1.51. The molecule has 8 nitrogen and oxygen atoms in total. The average Bonchev–Trinajstić information content (AvgIpc) is 2.79. The van der Waals surface area contributed by atoms with Gasteiger partial charge in [-0.2, -0.15) is 4.31 Å². The largest absolute Gasteiger partial charge is 0.452 e. The summed E-state index contributed by atoms with van der Waals surface area (Å²) in [5.74, 6) is -1.39. The Kier molecular flexibility index (Phi) is 7.99. The van der Waals surface area contributed by atoms with E-state index in [1.54, 1.807) is 12.1 Å². The second kappa shape index (κ2) is 10.5. The number of nitrogens with one attached hydrogen (secondary N) is 1. The van der Waals surface area contributed by atoms with Gasteiger partial charge in [0.05, 0.1) is 10.8 Å². The van der Waals surface area contributed by atoms with Gasteiger partial charge in [0, 0.05) is 43.6 Å². The van der Waals surface area contributed by atoms with Gasteiger partial charge in [0.25, 0.3) is 5.91 Å². The number of carbonyl (C=O) groups is 2. The van der Waals surface area contributed by atoms with Crippen molar-refractivity contribution in [2.24, 2.45) is 5.92 Å². The Labute approximate surface area is 199 Å². The molecule has 2 aromatic carbocycles. The van der Waals surface area contributed by atoms with Crippen molar-refractivity contribution in [3.05, 3.63) is 53.6 Å². The van der Waals surface area contributed by atoms with Gasteiger partial charge < -0.3 is 15.0 Å². The number of carbonyl (C=O) groups excluding carboxylic acids is 2. The van der Waals surface area contributed by atoms with Gasteiger partial charge in [-0.25, -0.2) is 8.42 Å². The highest BCUT2D eigenvalue weighted by molar-refractivity contribution is 7.89. The molecule has 0 bridgehead atoms. The van der Waals surface area contributed by atoms with E-state index >= 15 is 0 Å². The predicted molar refractivity (Wildman–Crippen MR) is 128 cm³/mol. The molecule has 2 aromatic rings. The van der Waals surface area contributed by atoms with E-state index in [0.29, 0.717) is 23.6 Å². The summed E-state index contributed by atoms with van der Waals surface area (Å²) in [6, 6.07) is 13.3. The van der Waals surface area contributed by atoms with Crippen LogP contribution in [0.2, 0.25) is 5.02 Å². The summed E-state index contributed by atoms with van der Waals surface area (Å²) in [4.78, 5) is 27.1. The maximum Gasteiger partial charge on any atom is 0.309 e. The topological polar surface area (TPSA) is 96.0 Å². The first kappa shape index (κ1) is 25.0. The maximum atomic E-state index is 12.8. The van der Waals surface area contributed by atoms with Gasteiger partial charge in [0.2, 0.25) is 10.0 Å². The Morgan fingerprint density at radius 2 is 1.64 bits per heavy atom.